The van der Waals surface area contributed by atoms with Gasteiger partial charge in [-0.15, -0.1) is 0 Å². The summed E-state index contributed by atoms with van der Waals surface area (Å²) in [7, 11) is 0. The molecule has 26 heavy (non-hydrogen) atoms. The minimum atomic E-state index is -2.56. The quantitative estimate of drug-likeness (QED) is 0.656. The van der Waals surface area contributed by atoms with Crippen molar-refractivity contribution in [3.63, 3.8) is 0 Å². The first-order valence-electron chi connectivity index (χ1n) is 9.41. The number of benzene rings is 1. The maximum atomic E-state index is 13.5. The van der Waals surface area contributed by atoms with E-state index in [2.05, 4.69) is 0 Å². The second kappa shape index (κ2) is 6.50. The zero-order valence-electron chi connectivity index (χ0n) is 16.0. The van der Waals surface area contributed by atoms with E-state index in [1.54, 1.807) is 0 Å². The Morgan fingerprint density at radius 3 is 2.27 bits per heavy atom. The Hall–Kier alpha value is -1.65. The van der Waals surface area contributed by atoms with Crippen LogP contribution < -0.4 is 4.74 Å². The Labute approximate surface area is 154 Å². The highest BCUT2D eigenvalue weighted by molar-refractivity contribution is 5.83. The first kappa shape index (κ1) is 19.1. The van der Waals surface area contributed by atoms with E-state index in [0.717, 1.165) is 11.1 Å². The van der Waals surface area contributed by atoms with Crippen molar-refractivity contribution >= 4 is 5.97 Å². The molecule has 144 valence electrons. The van der Waals surface area contributed by atoms with Crippen molar-refractivity contribution in [1.29, 1.82) is 0 Å². The molecule has 0 spiro atoms. The highest BCUT2D eigenvalue weighted by Gasteiger charge is 2.56. The van der Waals surface area contributed by atoms with E-state index in [4.69, 9.17) is 9.47 Å². The molecule has 0 saturated heterocycles. The van der Waals surface area contributed by atoms with Gasteiger partial charge in [-0.05, 0) is 63.6 Å². The number of esters is 1. The standard InChI is InChI=1S/C21H28F2O3/c1-14-5-6-16(15-7-9-21(22,23)10-8-15)17(13-14)25-20(11-12-20)18(24)26-19(2,3)4/h5-6,13,15H,7-12H2,1-4H3. The molecule has 0 N–H and O–H groups in total. The van der Waals surface area contributed by atoms with Crippen molar-refractivity contribution in [2.45, 2.75) is 89.3 Å². The van der Waals surface area contributed by atoms with E-state index in [-0.39, 0.29) is 24.7 Å². The van der Waals surface area contributed by atoms with Gasteiger partial charge in [0, 0.05) is 25.7 Å². The molecule has 3 rings (SSSR count). The van der Waals surface area contributed by atoms with Crippen LogP contribution in [0, 0.1) is 6.92 Å². The van der Waals surface area contributed by atoms with Crippen LogP contribution in [0.25, 0.3) is 0 Å². The summed E-state index contributed by atoms with van der Waals surface area (Å²) in [5.74, 6) is -2.22. The molecule has 0 unspecified atom stereocenters. The molecular weight excluding hydrogens is 338 g/mol. The number of carbonyl (C=O) groups is 1. The minimum absolute atomic E-state index is 0.0414. The molecule has 0 heterocycles. The Bertz CT molecular complexity index is 677. The first-order valence-corrected chi connectivity index (χ1v) is 9.41. The molecule has 0 radical (unpaired) electrons. The number of halogens is 2. The Kier molecular flexibility index (Phi) is 4.78. The van der Waals surface area contributed by atoms with Crippen LogP contribution in [-0.4, -0.2) is 23.1 Å². The van der Waals surface area contributed by atoms with Gasteiger partial charge in [0.15, 0.2) is 0 Å². The van der Waals surface area contributed by atoms with Crippen LogP contribution in [0.2, 0.25) is 0 Å². The second-order valence-electron chi connectivity index (χ2n) is 8.77. The number of carbonyl (C=O) groups excluding carboxylic acids is 1. The highest BCUT2D eigenvalue weighted by atomic mass is 19.3. The fourth-order valence-corrected chi connectivity index (χ4v) is 3.46. The molecule has 0 amide bonds. The molecule has 0 bridgehead atoms. The maximum absolute atomic E-state index is 13.5. The fourth-order valence-electron chi connectivity index (χ4n) is 3.46. The molecule has 0 aromatic heterocycles. The van der Waals surface area contributed by atoms with Gasteiger partial charge in [-0.3, -0.25) is 0 Å². The lowest BCUT2D eigenvalue weighted by molar-refractivity contribution is -0.165. The van der Waals surface area contributed by atoms with Crippen LogP contribution in [-0.2, 0) is 9.53 Å². The second-order valence-corrected chi connectivity index (χ2v) is 8.77. The smallest absolute Gasteiger partial charge is 0.351 e. The van der Waals surface area contributed by atoms with Gasteiger partial charge in [0.1, 0.15) is 11.4 Å². The summed E-state index contributed by atoms with van der Waals surface area (Å²) in [5.41, 5.74) is 0.459. The van der Waals surface area contributed by atoms with Crippen molar-refractivity contribution in [3.05, 3.63) is 29.3 Å². The van der Waals surface area contributed by atoms with Gasteiger partial charge in [-0.2, -0.15) is 0 Å². The van der Waals surface area contributed by atoms with Crippen molar-refractivity contribution in [3.8, 4) is 5.75 Å². The zero-order valence-corrected chi connectivity index (χ0v) is 16.0. The third kappa shape index (κ3) is 4.36. The molecule has 0 aliphatic heterocycles. The van der Waals surface area contributed by atoms with Gasteiger partial charge >= 0.3 is 5.97 Å². The topological polar surface area (TPSA) is 35.5 Å². The lowest BCUT2D eigenvalue weighted by Gasteiger charge is -2.31. The van der Waals surface area contributed by atoms with E-state index in [1.807, 2.05) is 45.9 Å². The van der Waals surface area contributed by atoms with Gasteiger partial charge in [-0.25, -0.2) is 13.6 Å². The molecular formula is C21H28F2O3. The Morgan fingerprint density at radius 1 is 1.12 bits per heavy atom. The van der Waals surface area contributed by atoms with E-state index in [9.17, 15) is 13.6 Å². The summed E-state index contributed by atoms with van der Waals surface area (Å²) in [5, 5.41) is 0. The predicted molar refractivity (Wildman–Crippen MR) is 95.8 cm³/mol. The van der Waals surface area contributed by atoms with Gasteiger partial charge in [0.25, 0.3) is 0 Å². The molecule has 2 saturated carbocycles. The highest BCUT2D eigenvalue weighted by Crippen LogP contribution is 2.47. The van der Waals surface area contributed by atoms with Crippen LogP contribution in [0.5, 0.6) is 5.75 Å². The van der Waals surface area contributed by atoms with E-state index in [0.29, 0.717) is 31.4 Å². The SMILES string of the molecule is Cc1ccc(C2CCC(F)(F)CC2)c(OC2(C(=O)OC(C)(C)C)CC2)c1. The number of rotatable bonds is 4. The lowest BCUT2D eigenvalue weighted by Crippen LogP contribution is -2.37. The fraction of sp³-hybridized carbons (Fsp3) is 0.667. The van der Waals surface area contributed by atoms with E-state index < -0.39 is 17.1 Å². The normalized spacial score (nSPS) is 21.9. The lowest BCUT2D eigenvalue weighted by atomic mass is 9.81. The molecule has 2 aliphatic carbocycles. The van der Waals surface area contributed by atoms with Gasteiger partial charge in [-0.1, -0.05) is 12.1 Å². The van der Waals surface area contributed by atoms with Crippen molar-refractivity contribution < 1.29 is 23.0 Å². The Morgan fingerprint density at radius 2 is 1.73 bits per heavy atom. The summed E-state index contributed by atoms with van der Waals surface area (Å²) in [6, 6.07) is 5.85. The number of hydrogen-bond donors (Lipinski definition) is 0. The minimum Gasteiger partial charge on any atom is -0.475 e. The molecule has 1 aromatic carbocycles. The van der Waals surface area contributed by atoms with Crippen LogP contribution in [0.3, 0.4) is 0 Å². The van der Waals surface area contributed by atoms with Crippen LogP contribution in [0.1, 0.15) is 76.3 Å². The largest absolute Gasteiger partial charge is 0.475 e. The van der Waals surface area contributed by atoms with Crippen LogP contribution in [0.4, 0.5) is 8.78 Å². The van der Waals surface area contributed by atoms with Crippen molar-refractivity contribution in [2.75, 3.05) is 0 Å². The number of alkyl halides is 2. The summed E-state index contributed by atoms with van der Waals surface area (Å²) >= 11 is 0. The average molecular weight is 366 g/mol. The summed E-state index contributed by atoms with van der Waals surface area (Å²) in [6.07, 6.45) is 1.93. The van der Waals surface area contributed by atoms with Gasteiger partial charge < -0.3 is 9.47 Å². The maximum Gasteiger partial charge on any atom is 0.351 e. The van der Waals surface area contributed by atoms with Gasteiger partial charge in [0.05, 0.1) is 0 Å². The van der Waals surface area contributed by atoms with Crippen molar-refractivity contribution in [2.24, 2.45) is 0 Å². The number of ether oxygens (including phenoxy) is 2. The number of hydrogen-bond acceptors (Lipinski definition) is 3. The summed E-state index contributed by atoms with van der Waals surface area (Å²) in [4.78, 5) is 12.6. The summed E-state index contributed by atoms with van der Waals surface area (Å²) < 4.78 is 38.7. The molecule has 0 atom stereocenters. The third-order valence-corrected chi connectivity index (χ3v) is 5.11. The first-order chi connectivity index (χ1) is 12.0. The molecule has 3 nitrogen and oxygen atoms in total. The number of aryl methyl sites for hydroxylation is 1. The monoisotopic (exact) mass is 366 g/mol. The van der Waals surface area contributed by atoms with E-state index >= 15 is 0 Å². The van der Waals surface area contributed by atoms with Crippen LogP contribution >= 0.6 is 0 Å². The molecule has 1 aromatic rings. The predicted octanol–water partition coefficient (Wildman–Crippen LogP) is 5.54. The molecule has 2 fully saturated rings. The third-order valence-electron chi connectivity index (χ3n) is 5.11. The summed E-state index contributed by atoms with van der Waals surface area (Å²) in [6.45, 7) is 7.46. The van der Waals surface area contributed by atoms with Crippen molar-refractivity contribution in [1.82, 2.24) is 0 Å². The average Bonchev–Trinajstić information content (AvgIpc) is 3.27. The van der Waals surface area contributed by atoms with Gasteiger partial charge in [0.2, 0.25) is 11.5 Å². The molecule has 2 aliphatic rings. The van der Waals surface area contributed by atoms with E-state index in [1.165, 1.54) is 0 Å². The molecule has 5 heteroatoms. The zero-order chi connectivity index (χ0) is 19.2. The van der Waals surface area contributed by atoms with Crippen LogP contribution in [0.15, 0.2) is 18.2 Å². The Balaban J connectivity index is 1.80.